The molecular formula is C27H25BrClNO5. The van der Waals surface area contributed by atoms with Crippen LogP contribution in [0.25, 0.3) is 0 Å². The summed E-state index contributed by atoms with van der Waals surface area (Å²) in [6.07, 6.45) is -0.633. The number of nitrogens with zero attached hydrogens (tertiary/aromatic N) is 1. The molecule has 4 rings (SSSR count). The Morgan fingerprint density at radius 2 is 1.89 bits per heavy atom. The molecule has 0 radical (unpaired) electrons. The highest BCUT2D eigenvalue weighted by molar-refractivity contribution is 9.10. The van der Waals surface area contributed by atoms with Gasteiger partial charge in [0, 0.05) is 15.1 Å². The molecule has 0 spiro atoms. The zero-order chi connectivity index (χ0) is 24.9. The smallest absolute Gasteiger partial charge is 0.411 e. The van der Waals surface area contributed by atoms with Gasteiger partial charge in [-0.05, 0) is 61.4 Å². The Bertz CT molecular complexity index is 1220. The van der Waals surface area contributed by atoms with Crippen molar-refractivity contribution < 1.29 is 23.8 Å². The summed E-state index contributed by atoms with van der Waals surface area (Å²) in [5, 5.41) is 0.447. The number of hydrogen-bond donors (Lipinski definition) is 0. The van der Waals surface area contributed by atoms with E-state index in [0.29, 0.717) is 35.2 Å². The van der Waals surface area contributed by atoms with Crippen molar-refractivity contribution in [2.75, 3.05) is 6.61 Å². The van der Waals surface area contributed by atoms with Gasteiger partial charge in [0.1, 0.15) is 17.6 Å². The number of benzene rings is 3. The van der Waals surface area contributed by atoms with Crippen LogP contribution >= 0.6 is 27.5 Å². The number of ether oxygens (including phenoxy) is 3. The van der Waals surface area contributed by atoms with E-state index in [0.717, 1.165) is 15.6 Å². The lowest BCUT2D eigenvalue weighted by Crippen LogP contribution is -2.31. The third kappa shape index (κ3) is 6.16. The van der Waals surface area contributed by atoms with E-state index in [4.69, 9.17) is 25.8 Å². The lowest BCUT2D eigenvalue weighted by atomic mass is 10.0. The molecule has 3 aromatic rings. The van der Waals surface area contributed by atoms with Crippen LogP contribution < -0.4 is 4.74 Å². The minimum absolute atomic E-state index is 0.0932. The van der Waals surface area contributed by atoms with Gasteiger partial charge in [0.2, 0.25) is 0 Å². The minimum Gasteiger partial charge on any atom is -0.466 e. The molecule has 35 heavy (non-hydrogen) atoms. The second kappa shape index (κ2) is 11.1. The van der Waals surface area contributed by atoms with Crippen molar-refractivity contribution in [1.82, 2.24) is 4.90 Å². The Balaban J connectivity index is 1.56. The maximum Gasteiger partial charge on any atom is 0.411 e. The lowest BCUT2D eigenvalue weighted by molar-refractivity contribution is -0.142. The fourth-order valence-electron chi connectivity index (χ4n) is 4.04. The van der Waals surface area contributed by atoms with Gasteiger partial charge in [-0.2, -0.15) is 0 Å². The normalized spacial score (nSPS) is 17.3. The number of rotatable bonds is 8. The van der Waals surface area contributed by atoms with Crippen molar-refractivity contribution in [2.24, 2.45) is 0 Å². The standard InChI is InChI=1S/C27H25BrClNO5/c1-3-33-25(31)13-18-11-22(29)15-23(12-18)34-24-10-9-21(28)14-20(24)16-30-17(2)26(35-27(30)32)19-7-5-4-6-8-19/h4-12,14-15,17,26H,3,13,16H2,1-2H3/t17-,26-/m1/s1. The predicted octanol–water partition coefficient (Wildman–Crippen LogP) is 7.08. The van der Waals surface area contributed by atoms with E-state index in [9.17, 15) is 9.59 Å². The first-order chi connectivity index (χ1) is 16.8. The number of amides is 1. The van der Waals surface area contributed by atoms with Gasteiger partial charge in [-0.1, -0.05) is 57.9 Å². The van der Waals surface area contributed by atoms with Crippen LogP contribution in [0, 0.1) is 0 Å². The molecular weight excluding hydrogens is 534 g/mol. The molecule has 8 heteroatoms. The van der Waals surface area contributed by atoms with Crippen LogP contribution in [0.4, 0.5) is 4.79 Å². The van der Waals surface area contributed by atoms with Gasteiger partial charge in [0.05, 0.1) is 25.6 Å². The summed E-state index contributed by atoms with van der Waals surface area (Å²) in [4.78, 5) is 26.4. The summed E-state index contributed by atoms with van der Waals surface area (Å²) in [7, 11) is 0. The van der Waals surface area contributed by atoms with E-state index in [-0.39, 0.29) is 30.6 Å². The van der Waals surface area contributed by atoms with Crippen LogP contribution in [0.3, 0.4) is 0 Å². The second-order valence-corrected chi connectivity index (χ2v) is 9.57. The van der Waals surface area contributed by atoms with E-state index in [1.807, 2.05) is 55.5 Å². The molecule has 1 aliphatic heterocycles. The van der Waals surface area contributed by atoms with E-state index in [2.05, 4.69) is 15.9 Å². The topological polar surface area (TPSA) is 65.1 Å². The molecule has 0 saturated carbocycles. The average Bonchev–Trinajstić information content (AvgIpc) is 3.09. The van der Waals surface area contributed by atoms with Crippen LogP contribution in [0.1, 0.15) is 36.6 Å². The maximum absolute atomic E-state index is 12.8. The van der Waals surface area contributed by atoms with Crippen LogP contribution in [0.15, 0.2) is 71.2 Å². The largest absolute Gasteiger partial charge is 0.466 e. The third-order valence-corrected chi connectivity index (χ3v) is 6.41. The monoisotopic (exact) mass is 557 g/mol. The number of carbonyl (C=O) groups is 2. The summed E-state index contributed by atoms with van der Waals surface area (Å²) in [5.41, 5.74) is 2.44. The Hall–Kier alpha value is -3.03. The highest BCUT2D eigenvalue weighted by Crippen LogP contribution is 2.36. The van der Waals surface area contributed by atoms with Crippen LogP contribution in [-0.4, -0.2) is 29.6 Å². The third-order valence-electron chi connectivity index (χ3n) is 5.70. The van der Waals surface area contributed by atoms with E-state index >= 15 is 0 Å². The second-order valence-electron chi connectivity index (χ2n) is 8.21. The van der Waals surface area contributed by atoms with Crippen LogP contribution in [0.2, 0.25) is 5.02 Å². The van der Waals surface area contributed by atoms with Crippen molar-refractivity contribution >= 4 is 39.6 Å². The molecule has 0 aromatic heterocycles. The van der Waals surface area contributed by atoms with E-state index < -0.39 is 0 Å². The van der Waals surface area contributed by atoms with Gasteiger partial charge in [-0.15, -0.1) is 0 Å². The molecule has 1 aliphatic rings. The first kappa shape index (κ1) is 25.1. The molecule has 1 fully saturated rings. The van der Waals surface area contributed by atoms with E-state index in [1.54, 1.807) is 30.0 Å². The highest BCUT2D eigenvalue weighted by Gasteiger charge is 2.39. The van der Waals surface area contributed by atoms with Crippen LogP contribution in [0.5, 0.6) is 11.5 Å². The minimum atomic E-state index is -0.378. The molecule has 1 heterocycles. The summed E-state index contributed by atoms with van der Waals surface area (Å²) in [5.74, 6) is 0.722. The number of halogens is 2. The van der Waals surface area contributed by atoms with Crippen molar-refractivity contribution in [1.29, 1.82) is 0 Å². The molecule has 1 amide bonds. The molecule has 0 unspecified atom stereocenters. The van der Waals surface area contributed by atoms with Gasteiger partial charge < -0.3 is 14.2 Å². The molecule has 182 valence electrons. The Morgan fingerprint density at radius 3 is 2.63 bits per heavy atom. The Kier molecular flexibility index (Phi) is 7.98. The number of hydrogen-bond acceptors (Lipinski definition) is 5. The first-order valence-corrected chi connectivity index (χ1v) is 12.4. The van der Waals surface area contributed by atoms with Crippen LogP contribution in [-0.2, 0) is 27.2 Å². The first-order valence-electron chi connectivity index (χ1n) is 11.3. The average molecular weight is 559 g/mol. The molecule has 0 aliphatic carbocycles. The summed E-state index contributed by atoms with van der Waals surface area (Å²) >= 11 is 9.79. The molecule has 1 saturated heterocycles. The quantitative estimate of drug-likeness (QED) is 0.276. The number of carbonyl (C=O) groups excluding carboxylic acids is 2. The fraction of sp³-hybridized carbons (Fsp3) is 0.259. The number of esters is 1. The predicted molar refractivity (Wildman–Crippen MR) is 137 cm³/mol. The summed E-state index contributed by atoms with van der Waals surface area (Å²) < 4.78 is 17.8. The molecule has 0 bridgehead atoms. The summed E-state index contributed by atoms with van der Waals surface area (Å²) in [6.45, 7) is 4.35. The van der Waals surface area contributed by atoms with Gasteiger partial charge in [-0.3, -0.25) is 9.69 Å². The van der Waals surface area contributed by atoms with Crippen molar-refractivity contribution in [3.63, 3.8) is 0 Å². The van der Waals surface area contributed by atoms with Crippen molar-refractivity contribution in [2.45, 2.75) is 39.0 Å². The zero-order valence-corrected chi connectivity index (χ0v) is 21.7. The highest BCUT2D eigenvalue weighted by atomic mass is 79.9. The lowest BCUT2D eigenvalue weighted by Gasteiger charge is -2.22. The van der Waals surface area contributed by atoms with Gasteiger partial charge in [-0.25, -0.2) is 4.79 Å². The fourth-order valence-corrected chi connectivity index (χ4v) is 4.70. The van der Waals surface area contributed by atoms with E-state index in [1.165, 1.54) is 0 Å². The SMILES string of the molecule is CCOC(=O)Cc1cc(Cl)cc(Oc2ccc(Br)cc2CN2C(=O)O[C@@H](c3ccccc3)[C@H]2C)c1. The Labute approximate surface area is 217 Å². The van der Waals surface area contributed by atoms with Gasteiger partial charge in [0.25, 0.3) is 0 Å². The zero-order valence-electron chi connectivity index (χ0n) is 19.4. The molecule has 6 nitrogen and oxygen atoms in total. The van der Waals surface area contributed by atoms with Crippen molar-refractivity contribution in [3.8, 4) is 11.5 Å². The van der Waals surface area contributed by atoms with Crippen molar-refractivity contribution in [3.05, 3.63) is 92.9 Å². The molecule has 0 N–H and O–H groups in total. The molecule has 2 atom stereocenters. The van der Waals surface area contributed by atoms with Gasteiger partial charge in [0.15, 0.2) is 0 Å². The van der Waals surface area contributed by atoms with Gasteiger partial charge >= 0.3 is 12.1 Å². The molecule has 3 aromatic carbocycles. The Morgan fingerprint density at radius 1 is 1.11 bits per heavy atom. The maximum atomic E-state index is 12.8. The summed E-state index contributed by atoms with van der Waals surface area (Å²) in [6, 6.07) is 20.3. The number of cyclic esters (lactones) is 1.